The topological polar surface area (TPSA) is 32.8 Å². The molecule has 1 amide bonds. The summed E-state index contributed by atoms with van der Waals surface area (Å²) in [5, 5.41) is 0.382. The smallest absolute Gasteiger partial charge is 0.232 e. The van der Waals surface area contributed by atoms with Crippen molar-refractivity contribution in [2.24, 2.45) is 0 Å². The van der Waals surface area contributed by atoms with Crippen LogP contribution < -0.4 is 9.64 Å². The van der Waals surface area contributed by atoms with Crippen LogP contribution in [0.4, 0.5) is 10.1 Å². The Morgan fingerprint density at radius 1 is 1.15 bits per heavy atom. The van der Waals surface area contributed by atoms with Gasteiger partial charge >= 0.3 is 0 Å². The first-order valence-corrected chi connectivity index (χ1v) is 10.3. The maximum atomic E-state index is 13.8. The van der Waals surface area contributed by atoms with Crippen molar-refractivity contribution in [1.82, 2.24) is 4.90 Å². The van der Waals surface area contributed by atoms with Crippen molar-refractivity contribution in [2.75, 3.05) is 43.9 Å². The molecule has 1 fully saturated rings. The van der Waals surface area contributed by atoms with Gasteiger partial charge in [-0.2, -0.15) is 0 Å². The van der Waals surface area contributed by atoms with Crippen molar-refractivity contribution in [3.63, 3.8) is 0 Å². The van der Waals surface area contributed by atoms with Crippen molar-refractivity contribution in [3.8, 4) is 5.75 Å². The van der Waals surface area contributed by atoms with Crippen LogP contribution in [0.25, 0.3) is 0 Å². The van der Waals surface area contributed by atoms with Gasteiger partial charge in [0.2, 0.25) is 5.91 Å². The molecule has 4 nitrogen and oxygen atoms in total. The number of hydrogen-bond donors (Lipinski definition) is 0. The third-order valence-electron chi connectivity index (χ3n) is 4.57. The number of benzene rings is 2. The number of anilines is 1. The monoisotopic (exact) mass is 408 g/mol. The highest BCUT2D eigenvalue weighted by Gasteiger charge is 2.21. The summed E-state index contributed by atoms with van der Waals surface area (Å²) in [6.45, 7) is 2.99. The Hall–Kier alpha value is -1.92. The molecule has 0 N–H and O–H groups in total. The van der Waals surface area contributed by atoms with Crippen molar-refractivity contribution in [2.45, 2.75) is 5.75 Å². The summed E-state index contributed by atoms with van der Waals surface area (Å²) in [5.41, 5.74) is 1.71. The normalized spacial score (nSPS) is 14.3. The molecule has 0 aromatic heterocycles. The number of carbonyl (C=O) groups is 1. The molecule has 0 spiro atoms. The van der Waals surface area contributed by atoms with Gasteiger partial charge in [0.05, 0.1) is 12.9 Å². The summed E-state index contributed by atoms with van der Waals surface area (Å²) < 4.78 is 19.0. The highest BCUT2D eigenvalue weighted by atomic mass is 35.5. The number of piperazine rings is 1. The Balaban J connectivity index is 1.44. The molecule has 1 aliphatic heterocycles. The SMILES string of the molecule is COc1ccc(N2CCN(C(=O)CSCc3ccc(Cl)cc3F)CC2)cc1. The van der Waals surface area contributed by atoms with E-state index in [0.717, 1.165) is 24.5 Å². The fourth-order valence-electron chi connectivity index (χ4n) is 2.99. The average molecular weight is 409 g/mol. The van der Waals surface area contributed by atoms with Gasteiger partial charge in [0.25, 0.3) is 0 Å². The molecule has 27 heavy (non-hydrogen) atoms. The van der Waals surface area contributed by atoms with Crippen molar-refractivity contribution >= 4 is 35.0 Å². The van der Waals surface area contributed by atoms with Crippen LogP contribution in [-0.4, -0.2) is 49.8 Å². The van der Waals surface area contributed by atoms with E-state index in [1.165, 1.54) is 17.8 Å². The number of hydrogen-bond acceptors (Lipinski definition) is 4. The van der Waals surface area contributed by atoms with E-state index in [1.54, 1.807) is 19.2 Å². The second kappa shape index (κ2) is 9.33. The van der Waals surface area contributed by atoms with Crippen LogP contribution >= 0.6 is 23.4 Å². The van der Waals surface area contributed by atoms with Gasteiger partial charge in [-0.25, -0.2) is 4.39 Å². The molecule has 2 aromatic carbocycles. The molecule has 0 unspecified atom stereocenters. The molecule has 0 aliphatic carbocycles. The van der Waals surface area contributed by atoms with E-state index >= 15 is 0 Å². The first-order valence-electron chi connectivity index (χ1n) is 8.75. The molecule has 0 bridgehead atoms. The number of rotatable bonds is 6. The van der Waals surface area contributed by atoms with Gasteiger partial charge in [0.15, 0.2) is 0 Å². The van der Waals surface area contributed by atoms with E-state index < -0.39 is 0 Å². The molecule has 0 atom stereocenters. The number of thioether (sulfide) groups is 1. The summed E-state index contributed by atoms with van der Waals surface area (Å²) in [5.74, 6) is 1.42. The van der Waals surface area contributed by atoms with Gasteiger partial charge in [-0.1, -0.05) is 17.7 Å². The van der Waals surface area contributed by atoms with Crippen LogP contribution in [0.2, 0.25) is 5.02 Å². The van der Waals surface area contributed by atoms with Gasteiger partial charge in [-0.3, -0.25) is 4.79 Å². The zero-order valence-electron chi connectivity index (χ0n) is 15.2. The summed E-state index contributed by atoms with van der Waals surface area (Å²) in [6.07, 6.45) is 0. The molecular weight excluding hydrogens is 387 g/mol. The fourth-order valence-corrected chi connectivity index (χ4v) is 4.06. The lowest BCUT2D eigenvalue weighted by Gasteiger charge is -2.36. The van der Waals surface area contributed by atoms with Crippen LogP contribution in [-0.2, 0) is 10.5 Å². The van der Waals surface area contributed by atoms with Crippen molar-refractivity contribution < 1.29 is 13.9 Å². The van der Waals surface area contributed by atoms with Crippen LogP contribution in [0.15, 0.2) is 42.5 Å². The molecule has 2 aromatic rings. The lowest BCUT2D eigenvalue weighted by Crippen LogP contribution is -2.49. The molecule has 144 valence electrons. The maximum Gasteiger partial charge on any atom is 0.232 e. The number of ether oxygens (including phenoxy) is 1. The van der Waals surface area contributed by atoms with Crippen LogP contribution in [0.1, 0.15) is 5.56 Å². The fraction of sp³-hybridized carbons (Fsp3) is 0.350. The van der Waals surface area contributed by atoms with Crippen LogP contribution in [0, 0.1) is 5.82 Å². The largest absolute Gasteiger partial charge is 0.497 e. The molecule has 1 saturated heterocycles. The van der Waals surface area contributed by atoms with Gasteiger partial charge < -0.3 is 14.5 Å². The van der Waals surface area contributed by atoms with E-state index in [1.807, 2.05) is 29.2 Å². The predicted octanol–water partition coefficient (Wildman–Crippen LogP) is 4.07. The van der Waals surface area contributed by atoms with Gasteiger partial charge in [0, 0.05) is 42.6 Å². The summed E-state index contributed by atoms with van der Waals surface area (Å²) >= 11 is 7.18. The summed E-state index contributed by atoms with van der Waals surface area (Å²) in [4.78, 5) is 16.6. The zero-order chi connectivity index (χ0) is 19.2. The lowest BCUT2D eigenvalue weighted by atomic mass is 10.2. The molecule has 1 aliphatic rings. The van der Waals surface area contributed by atoms with Gasteiger partial charge in [-0.15, -0.1) is 11.8 Å². The van der Waals surface area contributed by atoms with E-state index in [2.05, 4.69) is 4.90 Å². The first kappa shape index (κ1) is 19.8. The number of carbonyl (C=O) groups excluding carboxylic acids is 1. The molecule has 3 rings (SSSR count). The van der Waals surface area contributed by atoms with Crippen LogP contribution in [0.5, 0.6) is 5.75 Å². The Labute approximate surface area is 168 Å². The predicted molar refractivity (Wildman–Crippen MR) is 109 cm³/mol. The Kier molecular flexibility index (Phi) is 6.85. The van der Waals surface area contributed by atoms with Crippen molar-refractivity contribution in [1.29, 1.82) is 0 Å². The van der Waals surface area contributed by atoms with E-state index in [9.17, 15) is 9.18 Å². The minimum Gasteiger partial charge on any atom is -0.497 e. The highest BCUT2D eigenvalue weighted by Crippen LogP contribution is 2.22. The number of methoxy groups -OCH3 is 1. The molecule has 0 saturated carbocycles. The van der Waals surface area contributed by atoms with E-state index in [0.29, 0.717) is 35.2 Å². The maximum absolute atomic E-state index is 13.8. The summed E-state index contributed by atoms with van der Waals surface area (Å²) in [6, 6.07) is 12.6. The second-order valence-corrected chi connectivity index (χ2v) is 7.72. The Morgan fingerprint density at radius 3 is 2.48 bits per heavy atom. The first-order chi connectivity index (χ1) is 13.1. The highest BCUT2D eigenvalue weighted by molar-refractivity contribution is 7.99. The van der Waals surface area contributed by atoms with Gasteiger partial charge in [-0.05, 0) is 42.0 Å². The Morgan fingerprint density at radius 2 is 1.85 bits per heavy atom. The zero-order valence-corrected chi connectivity index (χ0v) is 16.7. The average Bonchev–Trinajstić information content (AvgIpc) is 2.70. The minimum absolute atomic E-state index is 0.101. The second-order valence-electron chi connectivity index (χ2n) is 6.29. The van der Waals surface area contributed by atoms with Crippen molar-refractivity contribution in [3.05, 3.63) is 58.9 Å². The molecular formula is C20H22ClFN2O2S. The quantitative estimate of drug-likeness (QED) is 0.721. The van der Waals surface area contributed by atoms with E-state index in [-0.39, 0.29) is 11.7 Å². The lowest BCUT2D eigenvalue weighted by molar-refractivity contribution is -0.128. The standard InChI is InChI=1S/C20H22ClFN2O2S/c1-26-18-6-4-17(5-7-18)23-8-10-24(11-9-23)20(25)14-27-13-15-2-3-16(21)12-19(15)22/h2-7,12H,8-11,13-14H2,1H3. The third kappa shape index (κ3) is 5.30. The van der Waals surface area contributed by atoms with Crippen LogP contribution in [0.3, 0.4) is 0 Å². The number of halogens is 2. The van der Waals surface area contributed by atoms with Gasteiger partial charge in [0.1, 0.15) is 11.6 Å². The minimum atomic E-state index is -0.324. The number of amides is 1. The molecule has 1 heterocycles. The number of nitrogens with zero attached hydrogens (tertiary/aromatic N) is 2. The summed E-state index contributed by atoms with van der Waals surface area (Å²) in [7, 11) is 1.65. The Bertz CT molecular complexity index is 780. The molecule has 7 heteroatoms. The van der Waals surface area contributed by atoms with E-state index in [4.69, 9.17) is 16.3 Å². The molecule has 0 radical (unpaired) electrons. The third-order valence-corrected chi connectivity index (χ3v) is 5.77.